The maximum absolute atomic E-state index is 12.6. The lowest BCUT2D eigenvalue weighted by Gasteiger charge is -2.30. The number of rotatable bonds is 7. The second-order valence-corrected chi connectivity index (χ2v) is 6.22. The van der Waals surface area contributed by atoms with Gasteiger partial charge in [-0.05, 0) is 49.9 Å². The highest BCUT2D eigenvalue weighted by molar-refractivity contribution is 5.95. The third-order valence-corrected chi connectivity index (χ3v) is 4.02. The Kier molecular flexibility index (Phi) is 6.86. The van der Waals surface area contributed by atoms with Gasteiger partial charge in [-0.15, -0.1) is 0 Å². The van der Waals surface area contributed by atoms with Gasteiger partial charge in [0, 0.05) is 24.9 Å². The molecule has 1 unspecified atom stereocenters. The van der Waals surface area contributed by atoms with Gasteiger partial charge in [-0.25, -0.2) is 0 Å². The number of carbonyl (C=O) groups excluding carboxylic acids is 1. The predicted octanol–water partition coefficient (Wildman–Crippen LogP) is 2.82. The maximum atomic E-state index is 12.6. The van der Waals surface area contributed by atoms with E-state index in [1.54, 1.807) is 0 Å². The Bertz CT molecular complexity index is 482. The smallest absolute Gasteiger partial charge is 0.241 e. The summed E-state index contributed by atoms with van der Waals surface area (Å²) in [6, 6.07) is 7.63. The van der Waals surface area contributed by atoms with Crippen molar-refractivity contribution < 1.29 is 14.3 Å². The second-order valence-electron chi connectivity index (χ2n) is 6.22. The molecule has 1 fully saturated rings. The van der Waals surface area contributed by atoms with Gasteiger partial charge in [-0.2, -0.15) is 0 Å². The maximum Gasteiger partial charge on any atom is 0.241 e. The number of benzene rings is 1. The van der Waals surface area contributed by atoms with Gasteiger partial charge in [-0.1, -0.05) is 13.8 Å². The largest absolute Gasteiger partial charge is 0.494 e. The Labute approximate surface area is 138 Å². The molecule has 2 rings (SSSR count). The normalized spacial score (nSPS) is 17.0. The van der Waals surface area contributed by atoms with Crippen molar-refractivity contribution in [3.8, 4) is 5.75 Å². The van der Waals surface area contributed by atoms with E-state index in [-0.39, 0.29) is 17.9 Å². The quantitative estimate of drug-likeness (QED) is 0.811. The van der Waals surface area contributed by atoms with Crippen molar-refractivity contribution in [3.05, 3.63) is 24.3 Å². The molecule has 1 heterocycles. The van der Waals surface area contributed by atoms with Crippen LogP contribution in [0.5, 0.6) is 5.75 Å². The van der Waals surface area contributed by atoms with Gasteiger partial charge < -0.3 is 20.1 Å². The molecule has 1 saturated heterocycles. The first-order chi connectivity index (χ1) is 11.1. The minimum Gasteiger partial charge on any atom is -0.494 e. The van der Waals surface area contributed by atoms with Crippen molar-refractivity contribution in [3.63, 3.8) is 0 Å². The van der Waals surface area contributed by atoms with Crippen molar-refractivity contribution in [2.75, 3.05) is 25.1 Å². The van der Waals surface area contributed by atoms with Crippen LogP contribution in [0.1, 0.15) is 33.6 Å². The van der Waals surface area contributed by atoms with Crippen LogP contribution in [0.3, 0.4) is 0 Å². The average molecular weight is 320 g/mol. The molecule has 23 heavy (non-hydrogen) atoms. The summed E-state index contributed by atoms with van der Waals surface area (Å²) in [5, 5.41) is 6.48. The summed E-state index contributed by atoms with van der Waals surface area (Å²) in [7, 11) is 0. The van der Waals surface area contributed by atoms with E-state index in [0.29, 0.717) is 12.6 Å². The minimum atomic E-state index is -0.204. The molecule has 0 radical (unpaired) electrons. The molecule has 0 aliphatic carbocycles. The fourth-order valence-electron chi connectivity index (χ4n) is 2.71. The molecule has 2 N–H and O–H groups in total. The number of hydrogen-bond acceptors (Lipinski definition) is 4. The number of nitrogens with one attached hydrogen (secondary N) is 2. The zero-order chi connectivity index (χ0) is 16.7. The van der Waals surface area contributed by atoms with Gasteiger partial charge in [0.25, 0.3) is 0 Å². The van der Waals surface area contributed by atoms with E-state index in [1.165, 1.54) is 0 Å². The molecule has 1 aromatic rings. The molecule has 0 aromatic heterocycles. The van der Waals surface area contributed by atoms with E-state index in [4.69, 9.17) is 9.47 Å². The van der Waals surface area contributed by atoms with Crippen LogP contribution >= 0.6 is 0 Å². The molecule has 1 atom stereocenters. The number of carbonyl (C=O) groups is 1. The Balaban J connectivity index is 1.94. The van der Waals surface area contributed by atoms with Crippen molar-refractivity contribution in [2.45, 2.75) is 45.7 Å². The van der Waals surface area contributed by atoms with Crippen LogP contribution in [0, 0.1) is 5.92 Å². The molecular formula is C18H28N2O3. The van der Waals surface area contributed by atoms with Gasteiger partial charge in [0.05, 0.1) is 12.6 Å². The van der Waals surface area contributed by atoms with Crippen LogP contribution in [0.15, 0.2) is 24.3 Å². The highest BCUT2D eigenvalue weighted by atomic mass is 16.5. The van der Waals surface area contributed by atoms with Gasteiger partial charge >= 0.3 is 0 Å². The highest BCUT2D eigenvalue weighted by Gasteiger charge is 2.26. The lowest BCUT2D eigenvalue weighted by Crippen LogP contribution is -2.50. The standard InChI is InChI=1S/C18H28N2O3/c1-4-23-16-7-5-14(6-8-16)20-18(21)17(13(2)3)19-15-9-11-22-12-10-15/h5-8,13,15,17,19H,4,9-12H2,1-3H3,(H,20,21). The van der Waals surface area contributed by atoms with Gasteiger partial charge in [0.15, 0.2) is 0 Å². The monoisotopic (exact) mass is 320 g/mol. The van der Waals surface area contributed by atoms with Crippen LogP contribution in [0.4, 0.5) is 5.69 Å². The molecular weight excluding hydrogens is 292 g/mol. The number of ether oxygens (including phenoxy) is 2. The summed E-state index contributed by atoms with van der Waals surface area (Å²) >= 11 is 0. The summed E-state index contributed by atoms with van der Waals surface area (Å²) in [5.74, 6) is 1.04. The van der Waals surface area contributed by atoms with Crippen molar-refractivity contribution in [1.29, 1.82) is 0 Å². The molecule has 1 aliphatic rings. The summed E-state index contributed by atoms with van der Waals surface area (Å²) < 4.78 is 10.8. The third kappa shape index (κ3) is 5.52. The molecule has 5 heteroatoms. The molecule has 0 spiro atoms. The number of anilines is 1. The Hall–Kier alpha value is -1.59. The van der Waals surface area contributed by atoms with Crippen LogP contribution < -0.4 is 15.4 Å². The van der Waals surface area contributed by atoms with Crippen molar-refractivity contribution in [1.82, 2.24) is 5.32 Å². The topological polar surface area (TPSA) is 59.6 Å². The minimum absolute atomic E-state index is 0.00986. The molecule has 128 valence electrons. The summed E-state index contributed by atoms with van der Waals surface area (Å²) in [5.41, 5.74) is 0.790. The van der Waals surface area contributed by atoms with E-state index in [0.717, 1.165) is 37.5 Å². The SMILES string of the molecule is CCOc1ccc(NC(=O)C(NC2CCOCC2)C(C)C)cc1. The first-order valence-corrected chi connectivity index (χ1v) is 8.47. The van der Waals surface area contributed by atoms with E-state index in [2.05, 4.69) is 24.5 Å². The zero-order valence-corrected chi connectivity index (χ0v) is 14.3. The Morgan fingerprint density at radius 1 is 1.26 bits per heavy atom. The fraction of sp³-hybridized carbons (Fsp3) is 0.611. The summed E-state index contributed by atoms with van der Waals surface area (Å²) in [6.45, 7) is 8.25. The van der Waals surface area contributed by atoms with Gasteiger partial charge in [0.2, 0.25) is 5.91 Å². The number of amides is 1. The van der Waals surface area contributed by atoms with Crippen LogP contribution in [0.25, 0.3) is 0 Å². The van der Waals surface area contributed by atoms with Crippen LogP contribution in [-0.4, -0.2) is 37.8 Å². The Morgan fingerprint density at radius 2 is 1.91 bits per heavy atom. The molecule has 0 bridgehead atoms. The average Bonchev–Trinajstić information content (AvgIpc) is 2.55. The molecule has 1 aromatic carbocycles. The fourth-order valence-corrected chi connectivity index (χ4v) is 2.71. The van der Waals surface area contributed by atoms with E-state index < -0.39 is 0 Å². The Morgan fingerprint density at radius 3 is 2.48 bits per heavy atom. The van der Waals surface area contributed by atoms with Crippen LogP contribution in [-0.2, 0) is 9.53 Å². The first-order valence-electron chi connectivity index (χ1n) is 8.47. The van der Waals surface area contributed by atoms with Crippen molar-refractivity contribution >= 4 is 11.6 Å². The highest BCUT2D eigenvalue weighted by Crippen LogP contribution is 2.17. The molecule has 1 amide bonds. The lowest BCUT2D eigenvalue weighted by molar-refractivity contribution is -0.119. The predicted molar refractivity (Wildman–Crippen MR) is 91.8 cm³/mol. The van der Waals surface area contributed by atoms with E-state index >= 15 is 0 Å². The van der Waals surface area contributed by atoms with E-state index in [9.17, 15) is 4.79 Å². The summed E-state index contributed by atoms with van der Waals surface area (Å²) in [6.07, 6.45) is 1.92. The van der Waals surface area contributed by atoms with Crippen LogP contribution in [0.2, 0.25) is 0 Å². The first kappa shape index (κ1) is 17.8. The second kappa shape index (κ2) is 8.89. The van der Waals surface area contributed by atoms with E-state index in [1.807, 2.05) is 31.2 Å². The molecule has 0 saturated carbocycles. The number of hydrogen-bond donors (Lipinski definition) is 2. The third-order valence-electron chi connectivity index (χ3n) is 4.02. The van der Waals surface area contributed by atoms with Gasteiger partial charge in [-0.3, -0.25) is 4.79 Å². The lowest BCUT2D eigenvalue weighted by atomic mass is 10.00. The molecule has 5 nitrogen and oxygen atoms in total. The van der Waals surface area contributed by atoms with Gasteiger partial charge in [0.1, 0.15) is 5.75 Å². The van der Waals surface area contributed by atoms with Crippen molar-refractivity contribution in [2.24, 2.45) is 5.92 Å². The summed E-state index contributed by atoms with van der Waals surface area (Å²) in [4.78, 5) is 12.6. The molecule has 1 aliphatic heterocycles. The zero-order valence-electron chi connectivity index (χ0n) is 14.3.